The van der Waals surface area contributed by atoms with Gasteiger partial charge in [-0.2, -0.15) is 5.10 Å². The van der Waals surface area contributed by atoms with Gasteiger partial charge >= 0.3 is 5.97 Å². The number of ketones is 1. The van der Waals surface area contributed by atoms with Gasteiger partial charge in [0, 0.05) is 0 Å². The molecule has 0 saturated heterocycles. The van der Waals surface area contributed by atoms with Crippen molar-refractivity contribution in [2.45, 2.75) is 13.8 Å². The van der Waals surface area contributed by atoms with E-state index in [4.69, 9.17) is 9.47 Å². The highest BCUT2D eigenvalue weighted by atomic mass is 19.1. The number of carbonyl (C=O) groups excluding carboxylic acids is 2. The van der Waals surface area contributed by atoms with Crippen LogP contribution in [0.5, 0.6) is 5.75 Å². The number of nitrogens with zero attached hydrogens (tertiary/aromatic N) is 2. The topological polar surface area (TPSA) is 70.4 Å². The SMILES string of the molecule is COc1ccc(F)cc1C(=O)COC(=O)c1c(C)nn(-c2ccc(F)cc2)c1C. The number of aryl methyl sites for hydroxylation is 1. The average Bonchev–Trinajstić information content (AvgIpc) is 3.00. The second-order valence-corrected chi connectivity index (χ2v) is 6.28. The molecular formula is C21H18F2N2O4. The quantitative estimate of drug-likeness (QED) is 0.465. The van der Waals surface area contributed by atoms with Crippen molar-refractivity contribution in [2.75, 3.05) is 13.7 Å². The Morgan fingerprint density at radius 1 is 1.03 bits per heavy atom. The second-order valence-electron chi connectivity index (χ2n) is 6.28. The molecule has 0 atom stereocenters. The highest BCUT2D eigenvalue weighted by molar-refractivity contribution is 6.01. The average molecular weight is 400 g/mol. The summed E-state index contributed by atoms with van der Waals surface area (Å²) >= 11 is 0. The zero-order valence-corrected chi connectivity index (χ0v) is 16.0. The first-order valence-corrected chi connectivity index (χ1v) is 8.68. The molecule has 0 amide bonds. The van der Waals surface area contributed by atoms with Crippen molar-refractivity contribution in [3.63, 3.8) is 0 Å². The van der Waals surface area contributed by atoms with E-state index in [1.54, 1.807) is 13.8 Å². The molecule has 2 aromatic carbocycles. The maximum atomic E-state index is 13.5. The number of ether oxygens (including phenoxy) is 2. The molecule has 0 N–H and O–H groups in total. The molecule has 29 heavy (non-hydrogen) atoms. The molecule has 0 bridgehead atoms. The van der Waals surface area contributed by atoms with Gasteiger partial charge in [0.1, 0.15) is 22.9 Å². The van der Waals surface area contributed by atoms with Crippen LogP contribution in [0.4, 0.5) is 8.78 Å². The van der Waals surface area contributed by atoms with E-state index in [1.165, 1.54) is 42.1 Å². The van der Waals surface area contributed by atoms with E-state index in [9.17, 15) is 18.4 Å². The van der Waals surface area contributed by atoms with Crippen LogP contribution in [0, 0.1) is 25.5 Å². The summed E-state index contributed by atoms with van der Waals surface area (Å²) < 4.78 is 38.3. The van der Waals surface area contributed by atoms with Gasteiger partial charge in [0.05, 0.1) is 29.7 Å². The lowest BCUT2D eigenvalue weighted by atomic mass is 10.1. The molecule has 0 aliphatic carbocycles. The number of halogens is 2. The summed E-state index contributed by atoms with van der Waals surface area (Å²) in [6.45, 7) is 2.71. The Hall–Kier alpha value is -3.55. The van der Waals surface area contributed by atoms with Crippen molar-refractivity contribution in [3.05, 3.63) is 76.6 Å². The Bertz CT molecular complexity index is 1080. The van der Waals surface area contributed by atoms with Crippen LogP contribution in [0.3, 0.4) is 0 Å². The standard InChI is InChI=1S/C21H18F2N2O4/c1-12-20(13(2)25(24-12)16-7-4-14(22)5-8-16)21(27)29-11-18(26)17-10-15(23)6-9-19(17)28-3/h4-10H,11H2,1-3H3. The lowest BCUT2D eigenvalue weighted by Gasteiger charge is -2.09. The van der Waals surface area contributed by atoms with Gasteiger partial charge in [0.25, 0.3) is 0 Å². The van der Waals surface area contributed by atoms with Crippen LogP contribution in [0.1, 0.15) is 32.1 Å². The molecule has 150 valence electrons. The minimum Gasteiger partial charge on any atom is -0.496 e. The van der Waals surface area contributed by atoms with Crippen LogP contribution < -0.4 is 4.74 Å². The maximum absolute atomic E-state index is 13.5. The largest absolute Gasteiger partial charge is 0.496 e. The summed E-state index contributed by atoms with van der Waals surface area (Å²) in [5.74, 6) is -2.15. The van der Waals surface area contributed by atoms with Gasteiger partial charge < -0.3 is 9.47 Å². The van der Waals surface area contributed by atoms with E-state index >= 15 is 0 Å². The Morgan fingerprint density at radius 2 is 1.69 bits per heavy atom. The third kappa shape index (κ3) is 4.16. The number of hydrogen-bond acceptors (Lipinski definition) is 5. The normalized spacial score (nSPS) is 10.7. The van der Waals surface area contributed by atoms with E-state index in [2.05, 4.69) is 5.10 Å². The van der Waals surface area contributed by atoms with E-state index in [-0.39, 0.29) is 22.7 Å². The fourth-order valence-corrected chi connectivity index (χ4v) is 2.95. The summed E-state index contributed by atoms with van der Waals surface area (Å²) in [6, 6.07) is 9.15. The molecular weight excluding hydrogens is 382 g/mol. The molecule has 6 nitrogen and oxygen atoms in total. The van der Waals surface area contributed by atoms with Crippen LogP contribution in [-0.4, -0.2) is 35.2 Å². The number of benzene rings is 2. The Kier molecular flexibility index (Phi) is 5.72. The van der Waals surface area contributed by atoms with Crippen molar-refractivity contribution in [1.29, 1.82) is 0 Å². The summed E-state index contributed by atoms with van der Waals surface area (Å²) in [5, 5.41) is 4.29. The van der Waals surface area contributed by atoms with Gasteiger partial charge in [-0.15, -0.1) is 0 Å². The Balaban J connectivity index is 1.79. The molecule has 0 spiro atoms. The highest BCUT2D eigenvalue weighted by Crippen LogP contribution is 2.22. The van der Waals surface area contributed by atoms with Crippen LogP contribution in [-0.2, 0) is 4.74 Å². The molecule has 3 rings (SSSR count). The first-order valence-electron chi connectivity index (χ1n) is 8.68. The number of Topliss-reactive ketones (excluding diaryl/α,β-unsaturated/α-hetero) is 1. The molecule has 0 aliphatic heterocycles. The van der Waals surface area contributed by atoms with Gasteiger partial charge in [-0.05, 0) is 56.3 Å². The number of hydrogen-bond donors (Lipinski definition) is 0. The first-order chi connectivity index (χ1) is 13.8. The zero-order chi connectivity index (χ0) is 21.1. The van der Waals surface area contributed by atoms with Crippen molar-refractivity contribution >= 4 is 11.8 Å². The van der Waals surface area contributed by atoms with Crippen LogP contribution in [0.15, 0.2) is 42.5 Å². The molecule has 0 fully saturated rings. The van der Waals surface area contributed by atoms with Gasteiger partial charge in [0.2, 0.25) is 5.78 Å². The number of esters is 1. The Morgan fingerprint density at radius 3 is 2.34 bits per heavy atom. The lowest BCUT2D eigenvalue weighted by Crippen LogP contribution is -2.16. The first kappa shape index (κ1) is 20.2. The van der Waals surface area contributed by atoms with E-state index in [1.807, 2.05) is 0 Å². The summed E-state index contributed by atoms with van der Waals surface area (Å²) in [4.78, 5) is 24.9. The number of rotatable bonds is 6. The fourth-order valence-electron chi connectivity index (χ4n) is 2.95. The minimum absolute atomic E-state index is 0.0178. The van der Waals surface area contributed by atoms with Crippen molar-refractivity contribution in [3.8, 4) is 11.4 Å². The Labute approximate surface area is 165 Å². The molecule has 0 saturated carbocycles. The molecule has 0 unspecified atom stereocenters. The molecule has 0 aliphatic rings. The predicted octanol–water partition coefficient (Wildman–Crippen LogP) is 3.82. The smallest absolute Gasteiger partial charge is 0.342 e. The van der Waals surface area contributed by atoms with Crippen LogP contribution in [0.2, 0.25) is 0 Å². The van der Waals surface area contributed by atoms with Crippen LogP contribution >= 0.6 is 0 Å². The minimum atomic E-state index is -0.739. The monoisotopic (exact) mass is 400 g/mol. The summed E-state index contributed by atoms with van der Waals surface area (Å²) in [5.41, 5.74) is 1.64. The predicted molar refractivity (Wildman–Crippen MR) is 101 cm³/mol. The molecule has 3 aromatic rings. The summed E-state index contributed by atoms with van der Waals surface area (Å²) in [7, 11) is 1.35. The van der Waals surface area contributed by atoms with Gasteiger partial charge in [-0.1, -0.05) is 0 Å². The zero-order valence-electron chi connectivity index (χ0n) is 16.0. The van der Waals surface area contributed by atoms with E-state index in [0.717, 1.165) is 12.1 Å². The molecule has 8 heteroatoms. The fraction of sp³-hybridized carbons (Fsp3) is 0.190. The van der Waals surface area contributed by atoms with Crippen molar-refractivity contribution in [2.24, 2.45) is 0 Å². The molecule has 1 aromatic heterocycles. The van der Waals surface area contributed by atoms with E-state index < -0.39 is 24.2 Å². The third-order valence-corrected chi connectivity index (χ3v) is 4.36. The maximum Gasteiger partial charge on any atom is 0.342 e. The second kappa shape index (κ2) is 8.22. The van der Waals surface area contributed by atoms with Gasteiger partial charge in [-0.3, -0.25) is 4.79 Å². The number of carbonyl (C=O) groups is 2. The summed E-state index contributed by atoms with van der Waals surface area (Å²) in [6.07, 6.45) is 0. The molecule has 0 radical (unpaired) electrons. The molecule has 1 heterocycles. The van der Waals surface area contributed by atoms with Crippen molar-refractivity contribution < 1.29 is 27.8 Å². The van der Waals surface area contributed by atoms with Crippen molar-refractivity contribution in [1.82, 2.24) is 9.78 Å². The van der Waals surface area contributed by atoms with E-state index in [0.29, 0.717) is 17.1 Å². The lowest BCUT2D eigenvalue weighted by molar-refractivity contribution is 0.0472. The third-order valence-electron chi connectivity index (χ3n) is 4.36. The van der Waals surface area contributed by atoms with Crippen LogP contribution in [0.25, 0.3) is 5.69 Å². The van der Waals surface area contributed by atoms with Gasteiger partial charge in [0.15, 0.2) is 6.61 Å². The highest BCUT2D eigenvalue weighted by Gasteiger charge is 2.23. The van der Waals surface area contributed by atoms with Gasteiger partial charge in [-0.25, -0.2) is 18.3 Å². The number of methoxy groups -OCH3 is 1. The number of aromatic nitrogens is 2.